The van der Waals surface area contributed by atoms with Crippen molar-refractivity contribution in [2.45, 2.75) is 19.4 Å². The molecule has 3 rings (SSSR count). The fourth-order valence-electron chi connectivity index (χ4n) is 3.45. The van der Waals surface area contributed by atoms with Crippen molar-refractivity contribution in [3.05, 3.63) is 24.3 Å². The molecule has 3 aliphatic carbocycles. The number of carbonyl (C=O) groups is 2. The van der Waals surface area contributed by atoms with Crippen LogP contribution in [-0.4, -0.2) is 17.9 Å². The molecule has 0 heterocycles. The summed E-state index contributed by atoms with van der Waals surface area (Å²) in [6.07, 6.45) is 8.49. The maximum Gasteiger partial charge on any atom is 0.303 e. The highest BCUT2D eigenvalue weighted by molar-refractivity contribution is 5.94. The minimum absolute atomic E-state index is 0.0457. The fourth-order valence-corrected chi connectivity index (χ4v) is 3.45. The summed E-state index contributed by atoms with van der Waals surface area (Å²) in [7, 11) is 0. The van der Waals surface area contributed by atoms with Crippen molar-refractivity contribution >= 4 is 11.8 Å². The van der Waals surface area contributed by atoms with E-state index in [4.69, 9.17) is 4.74 Å². The molecule has 0 aromatic rings. The zero-order valence-corrected chi connectivity index (χ0v) is 9.13. The maximum atomic E-state index is 11.8. The van der Waals surface area contributed by atoms with E-state index in [9.17, 15) is 9.59 Å². The Morgan fingerprint density at radius 1 is 1.31 bits per heavy atom. The number of allylic oxidation sites excluding steroid dienone is 3. The summed E-state index contributed by atoms with van der Waals surface area (Å²) < 4.78 is 5.29. The van der Waals surface area contributed by atoms with Crippen LogP contribution in [0.5, 0.6) is 0 Å². The quantitative estimate of drug-likeness (QED) is 0.495. The average molecular weight is 218 g/mol. The molecule has 3 nitrogen and oxygen atoms in total. The zero-order chi connectivity index (χ0) is 11.3. The first kappa shape index (κ1) is 9.82. The molecule has 1 saturated carbocycles. The standard InChI is InChI=1S/C13H14O3/c1-7(14)16-11-5-4-10(15)12-8-2-3-9(6-8)13(11)12/h2-5,8-9,11-13H,6H2,1H3/t8-,9+,11-,12+,13-/m1/s1. The summed E-state index contributed by atoms with van der Waals surface area (Å²) in [6.45, 7) is 1.42. The van der Waals surface area contributed by atoms with Crippen LogP contribution < -0.4 is 0 Å². The third-order valence-electron chi connectivity index (χ3n) is 3.98. The largest absolute Gasteiger partial charge is 0.458 e. The van der Waals surface area contributed by atoms with Gasteiger partial charge < -0.3 is 4.74 Å². The van der Waals surface area contributed by atoms with Crippen LogP contribution in [0.3, 0.4) is 0 Å². The molecule has 3 aliphatic rings. The van der Waals surface area contributed by atoms with Gasteiger partial charge in [0.25, 0.3) is 0 Å². The van der Waals surface area contributed by atoms with Gasteiger partial charge in [-0.25, -0.2) is 0 Å². The number of esters is 1. The third-order valence-corrected chi connectivity index (χ3v) is 3.98. The molecule has 0 unspecified atom stereocenters. The monoisotopic (exact) mass is 218 g/mol. The highest BCUT2D eigenvalue weighted by Crippen LogP contribution is 2.52. The molecule has 0 radical (unpaired) electrons. The first-order valence-electron chi connectivity index (χ1n) is 5.74. The highest BCUT2D eigenvalue weighted by atomic mass is 16.5. The van der Waals surface area contributed by atoms with Crippen LogP contribution in [0.1, 0.15) is 13.3 Å². The smallest absolute Gasteiger partial charge is 0.303 e. The molecule has 5 atom stereocenters. The number of fused-ring (bicyclic) bond motifs is 5. The van der Waals surface area contributed by atoms with Crippen LogP contribution in [0.15, 0.2) is 24.3 Å². The predicted molar refractivity (Wildman–Crippen MR) is 57.4 cm³/mol. The Balaban J connectivity index is 1.92. The van der Waals surface area contributed by atoms with Crippen molar-refractivity contribution in [3.63, 3.8) is 0 Å². The lowest BCUT2D eigenvalue weighted by atomic mass is 9.74. The van der Waals surface area contributed by atoms with E-state index in [-0.39, 0.29) is 29.7 Å². The van der Waals surface area contributed by atoms with Crippen LogP contribution in [0.25, 0.3) is 0 Å². The van der Waals surface area contributed by atoms with E-state index in [0.29, 0.717) is 11.8 Å². The number of ketones is 1. The molecule has 0 saturated heterocycles. The van der Waals surface area contributed by atoms with Crippen LogP contribution in [0.2, 0.25) is 0 Å². The van der Waals surface area contributed by atoms with E-state index >= 15 is 0 Å². The molecule has 0 aliphatic heterocycles. The SMILES string of the molecule is CC(=O)O[C@@H]1C=CC(=O)[C@H]2[C@@H]1[C@H]1C=C[C@@H]2C1. The highest BCUT2D eigenvalue weighted by Gasteiger charge is 2.52. The summed E-state index contributed by atoms with van der Waals surface area (Å²) in [5.41, 5.74) is 0. The first-order chi connectivity index (χ1) is 7.66. The van der Waals surface area contributed by atoms with Gasteiger partial charge in [0.05, 0.1) is 0 Å². The van der Waals surface area contributed by atoms with Gasteiger partial charge in [0.15, 0.2) is 5.78 Å². The van der Waals surface area contributed by atoms with Gasteiger partial charge in [-0.15, -0.1) is 0 Å². The van der Waals surface area contributed by atoms with E-state index in [1.54, 1.807) is 12.2 Å². The Kier molecular flexibility index (Phi) is 2.03. The molecule has 0 aromatic heterocycles. The first-order valence-corrected chi connectivity index (χ1v) is 5.74. The molecular weight excluding hydrogens is 204 g/mol. The Morgan fingerprint density at radius 3 is 2.81 bits per heavy atom. The van der Waals surface area contributed by atoms with Gasteiger partial charge in [-0.1, -0.05) is 12.2 Å². The van der Waals surface area contributed by atoms with Crippen molar-refractivity contribution < 1.29 is 14.3 Å². The van der Waals surface area contributed by atoms with E-state index in [1.165, 1.54) is 6.92 Å². The van der Waals surface area contributed by atoms with Gasteiger partial charge in [0.2, 0.25) is 0 Å². The molecule has 0 spiro atoms. The maximum absolute atomic E-state index is 11.8. The van der Waals surface area contributed by atoms with Gasteiger partial charge in [-0.2, -0.15) is 0 Å². The summed E-state index contributed by atoms with van der Waals surface area (Å²) in [5, 5.41) is 0. The van der Waals surface area contributed by atoms with Crippen molar-refractivity contribution in [1.29, 1.82) is 0 Å². The lowest BCUT2D eigenvalue weighted by Crippen LogP contribution is -2.39. The van der Waals surface area contributed by atoms with Crippen LogP contribution in [-0.2, 0) is 14.3 Å². The average Bonchev–Trinajstić information content (AvgIpc) is 2.82. The second-order valence-corrected chi connectivity index (χ2v) is 4.89. The molecule has 2 bridgehead atoms. The van der Waals surface area contributed by atoms with E-state index < -0.39 is 0 Å². The molecule has 3 heteroatoms. The minimum Gasteiger partial charge on any atom is -0.458 e. The lowest BCUT2D eigenvalue weighted by molar-refractivity contribution is -0.149. The normalized spacial score (nSPS) is 43.6. The van der Waals surface area contributed by atoms with Crippen molar-refractivity contribution in [1.82, 2.24) is 0 Å². The topological polar surface area (TPSA) is 43.4 Å². The van der Waals surface area contributed by atoms with Gasteiger partial charge >= 0.3 is 5.97 Å². The number of carbonyl (C=O) groups excluding carboxylic acids is 2. The minimum atomic E-state index is -0.269. The Labute approximate surface area is 94.2 Å². The number of rotatable bonds is 1. The van der Waals surface area contributed by atoms with Crippen molar-refractivity contribution in [3.8, 4) is 0 Å². The molecule has 1 fully saturated rings. The second-order valence-electron chi connectivity index (χ2n) is 4.89. The zero-order valence-electron chi connectivity index (χ0n) is 9.13. The van der Waals surface area contributed by atoms with Gasteiger partial charge in [-0.3, -0.25) is 9.59 Å². The predicted octanol–water partition coefficient (Wildman–Crippen LogP) is 1.50. The number of hydrogen-bond donors (Lipinski definition) is 0. The summed E-state index contributed by atoms with van der Waals surface area (Å²) in [5.74, 6) is 0.930. The van der Waals surface area contributed by atoms with E-state index in [2.05, 4.69) is 12.2 Å². The van der Waals surface area contributed by atoms with Crippen LogP contribution in [0, 0.1) is 23.7 Å². The molecule has 84 valence electrons. The van der Waals surface area contributed by atoms with Crippen LogP contribution >= 0.6 is 0 Å². The fraction of sp³-hybridized carbons (Fsp3) is 0.538. The van der Waals surface area contributed by atoms with Crippen LogP contribution in [0.4, 0.5) is 0 Å². The van der Waals surface area contributed by atoms with Gasteiger partial charge in [-0.05, 0) is 30.4 Å². The van der Waals surface area contributed by atoms with E-state index in [1.807, 2.05) is 0 Å². The molecular formula is C13H14O3. The molecule has 0 amide bonds. The van der Waals surface area contributed by atoms with Crippen molar-refractivity contribution in [2.24, 2.45) is 23.7 Å². The summed E-state index contributed by atoms with van der Waals surface area (Å²) in [4.78, 5) is 22.9. The number of ether oxygens (including phenoxy) is 1. The van der Waals surface area contributed by atoms with Crippen molar-refractivity contribution in [2.75, 3.05) is 0 Å². The molecule has 0 aromatic carbocycles. The lowest BCUT2D eigenvalue weighted by Gasteiger charge is -2.33. The third kappa shape index (κ3) is 1.27. The Morgan fingerprint density at radius 2 is 2.06 bits per heavy atom. The van der Waals surface area contributed by atoms with Gasteiger partial charge in [0.1, 0.15) is 6.10 Å². The summed E-state index contributed by atoms with van der Waals surface area (Å²) >= 11 is 0. The molecule has 0 N–H and O–H groups in total. The second kappa shape index (κ2) is 3.30. The molecule has 16 heavy (non-hydrogen) atoms. The van der Waals surface area contributed by atoms with Gasteiger partial charge in [0, 0.05) is 18.8 Å². The van der Waals surface area contributed by atoms with E-state index in [0.717, 1.165) is 6.42 Å². The summed E-state index contributed by atoms with van der Waals surface area (Å²) in [6, 6.07) is 0. The number of hydrogen-bond acceptors (Lipinski definition) is 3. The Hall–Kier alpha value is -1.38. The Bertz CT molecular complexity index is 407.